The van der Waals surface area contributed by atoms with Gasteiger partial charge in [0.05, 0.1) is 13.7 Å². The Bertz CT molecular complexity index is 803. The average molecular weight is 370 g/mol. The highest BCUT2D eigenvalue weighted by Gasteiger charge is 2.11. The number of amides is 2. The van der Waals surface area contributed by atoms with Gasteiger partial charge in [-0.2, -0.15) is 0 Å². The largest absolute Gasteiger partial charge is 0.493 e. The van der Waals surface area contributed by atoms with Gasteiger partial charge in [-0.1, -0.05) is 26.0 Å². The van der Waals surface area contributed by atoms with Crippen molar-refractivity contribution in [2.45, 2.75) is 27.3 Å². The smallest absolute Gasteiger partial charge is 0.251 e. The minimum absolute atomic E-state index is 0.0438. The van der Waals surface area contributed by atoms with E-state index in [2.05, 4.69) is 10.6 Å². The molecule has 0 heterocycles. The third-order valence-electron chi connectivity index (χ3n) is 3.90. The second-order valence-electron chi connectivity index (χ2n) is 6.33. The molecular weight excluding hydrogens is 344 g/mol. The zero-order valence-electron chi connectivity index (χ0n) is 16.2. The molecule has 0 fully saturated rings. The molecule has 0 aromatic heterocycles. The number of nitrogens with one attached hydrogen (secondary N) is 2. The van der Waals surface area contributed by atoms with E-state index in [1.807, 2.05) is 45.0 Å². The van der Waals surface area contributed by atoms with E-state index in [4.69, 9.17) is 9.47 Å². The predicted octanol–water partition coefficient (Wildman–Crippen LogP) is 3.62. The first-order chi connectivity index (χ1) is 12.9. The molecule has 0 radical (unpaired) electrons. The molecule has 0 bridgehead atoms. The molecule has 0 unspecified atom stereocenters. The van der Waals surface area contributed by atoms with E-state index in [0.29, 0.717) is 35.9 Å². The summed E-state index contributed by atoms with van der Waals surface area (Å²) in [6.45, 7) is 6.43. The highest BCUT2D eigenvalue weighted by Crippen LogP contribution is 2.28. The van der Waals surface area contributed by atoms with E-state index in [0.717, 1.165) is 5.56 Å². The molecule has 0 saturated carbocycles. The van der Waals surface area contributed by atoms with Crippen LogP contribution in [0.5, 0.6) is 11.5 Å². The van der Waals surface area contributed by atoms with Crippen molar-refractivity contribution in [3.8, 4) is 11.5 Å². The number of hydrogen-bond acceptors (Lipinski definition) is 4. The number of anilines is 1. The fourth-order valence-corrected chi connectivity index (χ4v) is 2.41. The zero-order valence-corrected chi connectivity index (χ0v) is 16.2. The van der Waals surface area contributed by atoms with Crippen LogP contribution in [0.3, 0.4) is 0 Å². The van der Waals surface area contributed by atoms with Gasteiger partial charge in [0.25, 0.3) is 5.91 Å². The van der Waals surface area contributed by atoms with Crippen molar-refractivity contribution in [1.29, 1.82) is 0 Å². The van der Waals surface area contributed by atoms with E-state index in [9.17, 15) is 9.59 Å². The van der Waals surface area contributed by atoms with E-state index >= 15 is 0 Å². The van der Waals surface area contributed by atoms with Gasteiger partial charge in [-0.15, -0.1) is 0 Å². The van der Waals surface area contributed by atoms with Gasteiger partial charge in [-0.05, 0) is 42.8 Å². The Hall–Kier alpha value is -3.02. The Morgan fingerprint density at radius 3 is 2.52 bits per heavy atom. The normalized spacial score (nSPS) is 10.4. The van der Waals surface area contributed by atoms with Crippen LogP contribution in [0.15, 0.2) is 42.5 Å². The standard InChI is InChI=1S/C21H26N2O4/c1-5-27-18-10-9-16(12-19(18)26-4)21(25)22-13-15-7-6-8-17(11-15)23-20(24)14(2)3/h6-12,14H,5,13H2,1-4H3,(H,22,25)(H,23,24). The number of hydrogen-bond donors (Lipinski definition) is 2. The minimum Gasteiger partial charge on any atom is -0.493 e. The van der Waals surface area contributed by atoms with E-state index in [1.165, 1.54) is 7.11 Å². The summed E-state index contributed by atoms with van der Waals surface area (Å²) >= 11 is 0. The lowest BCUT2D eigenvalue weighted by atomic mass is 10.1. The Balaban J connectivity index is 2.02. The van der Waals surface area contributed by atoms with Crippen LogP contribution in [0.4, 0.5) is 5.69 Å². The third-order valence-corrected chi connectivity index (χ3v) is 3.90. The summed E-state index contributed by atoms with van der Waals surface area (Å²) in [4.78, 5) is 24.2. The number of ether oxygens (including phenoxy) is 2. The zero-order chi connectivity index (χ0) is 19.8. The molecule has 0 atom stereocenters. The van der Waals surface area contributed by atoms with Crippen molar-refractivity contribution in [2.24, 2.45) is 5.92 Å². The molecule has 2 N–H and O–H groups in total. The topological polar surface area (TPSA) is 76.7 Å². The molecule has 6 nitrogen and oxygen atoms in total. The van der Waals surface area contributed by atoms with Crippen molar-refractivity contribution in [3.63, 3.8) is 0 Å². The molecule has 0 aliphatic carbocycles. The lowest BCUT2D eigenvalue weighted by molar-refractivity contribution is -0.118. The first-order valence-electron chi connectivity index (χ1n) is 8.93. The molecule has 0 spiro atoms. The summed E-state index contributed by atoms with van der Waals surface area (Å²) in [5, 5.41) is 5.73. The van der Waals surface area contributed by atoms with Crippen molar-refractivity contribution < 1.29 is 19.1 Å². The Morgan fingerprint density at radius 1 is 1.07 bits per heavy atom. The Labute approximate surface area is 159 Å². The van der Waals surface area contributed by atoms with Crippen molar-refractivity contribution >= 4 is 17.5 Å². The average Bonchev–Trinajstić information content (AvgIpc) is 2.66. The predicted molar refractivity (Wildman–Crippen MR) is 105 cm³/mol. The van der Waals surface area contributed by atoms with Crippen LogP contribution in [0.1, 0.15) is 36.7 Å². The van der Waals surface area contributed by atoms with Gasteiger partial charge in [0.15, 0.2) is 11.5 Å². The number of carbonyl (C=O) groups excluding carboxylic acids is 2. The molecule has 2 amide bonds. The molecule has 0 saturated heterocycles. The lowest BCUT2D eigenvalue weighted by Gasteiger charge is -2.12. The lowest BCUT2D eigenvalue weighted by Crippen LogP contribution is -2.23. The van der Waals surface area contributed by atoms with E-state index in [-0.39, 0.29) is 17.7 Å². The van der Waals surface area contributed by atoms with Crippen LogP contribution in [-0.2, 0) is 11.3 Å². The molecule has 0 aliphatic heterocycles. The highest BCUT2D eigenvalue weighted by atomic mass is 16.5. The van der Waals surface area contributed by atoms with Gasteiger partial charge in [0.2, 0.25) is 5.91 Å². The molecule has 6 heteroatoms. The summed E-state index contributed by atoms with van der Waals surface area (Å²) in [6, 6.07) is 12.5. The van der Waals surface area contributed by atoms with Crippen LogP contribution < -0.4 is 20.1 Å². The molecule has 0 aliphatic rings. The van der Waals surface area contributed by atoms with Crippen molar-refractivity contribution in [3.05, 3.63) is 53.6 Å². The van der Waals surface area contributed by atoms with Crippen LogP contribution in [-0.4, -0.2) is 25.5 Å². The molecule has 2 aromatic carbocycles. The number of rotatable bonds is 8. The maximum absolute atomic E-state index is 12.4. The molecule has 2 rings (SSSR count). The Kier molecular flexibility index (Phi) is 7.23. The van der Waals surface area contributed by atoms with Crippen LogP contribution in [0, 0.1) is 5.92 Å². The second-order valence-corrected chi connectivity index (χ2v) is 6.33. The molecule has 2 aromatic rings. The van der Waals surface area contributed by atoms with Gasteiger partial charge in [-0.25, -0.2) is 0 Å². The first kappa shape index (κ1) is 20.3. The fourth-order valence-electron chi connectivity index (χ4n) is 2.41. The Morgan fingerprint density at radius 2 is 1.85 bits per heavy atom. The number of methoxy groups -OCH3 is 1. The quantitative estimate of drug-likeness (QED) is 0.744. The summed E-state index contributed by atoms with van der Waals surface area (Å²) in [6.07, 6.45) is 0. The summed E-state index contributed by atoms with van der Waals surface area (Å²) in [7, 11) is 1.54. The van der Waals surface area contributed by atoms with Gasteiger partial charge < -0.3 is 20.1 Å². The molecular formula is C21H26N2O4. The highest BCUT2D eigenvalue weighted by molar-refractivity contribution is 5.95. The van der Waals surface area contributed by atoms with Crippen molar-refractivity contribution in [1.82, 2.24) is 5.32 Å². The van der Waals surface area contributed by atoms with Crippen LogP contribution in [0.2, 0.25) is 0 Å². The summed E-state index contributed by atoms with van der Waals surface area (Å²) < 4.78 is 10.7. The molecule has 27 heavy (non-hydrogen) atoms. The van der Waals surface area contributed by atoms with Gasteiger partial charge in [-0.3, -0.25) is 9.59 Å². The molecule has 144 valence electrons. The number of carbonyl (C=O) groups is 2. The number of benzene rings is 2. The van der Waals surface area contributed by atoms with Gasteiger partial charge >= 0.3 is 0 Å². The van der Waals surface area contributed by atoms with E-state index < -0.39 is 0 Å². The second kappa shape index (κ2) is 9.62. The maximum atomic E-state index is 12.4. The summed E-state index contributed by atoms with van der Waals surface area (Å²) in [5.74, 6) is 0.765. The van der Waals surface area contributed by atoms with Gasteiger partial charge in [0.1, 0.15) is 0 Å². The summed E-state index contributed by atoms with van der Waals surface area (Å²) in [5.41, 5.74) is 2.09. The fraction of sp³-hybridized carbons (Fsp3) is 0.333. The van der Waals surface area contributed by atoms with Crippen LogP contribution in [0.25, 0.3) is 0 Å². The first-order valence-corrected chi connectivity index (χ1v) is 8.93. The van der Waals surface area contributed by atoms with Gasteiger partial charge in [0, 0.05) is 23.7 Å². The third kappa shape index (κ3) is 5.74. The monoisotopic (exact) mass is 370 g/mol. The van der Waals surface area contributed by atoms with Crippen molar-refractivity contribution in [2.75, 3.05) is 19.0 Å². The van der Waals surface area contributed by atoms with Crippen LogP contribution >= 0.6 is 0 Å². The minimum atomic E-state index is -0.215. The van der Waals surface area contributed by atoms with E-state index in [1.54, 1.807) is 18.2 Å². The SMILES string of the molecule is CCOc1ccc(C(=O)NCc2cccc(NC(=O)C(C)C)c2)cc1OC. The maximum Gasteiger partial charge on any atom is 0.251 e.